The first-order valence-corrected chi connectivity index (χ1v) is 11.0. The second-order valence-corrected chi connectivity index (χ2v) is 8.59. The Labute approximate surface area is 188 Å². The van der Waals surface area contributed by atoms with Gasteiger partial charge in [-0.1, -0.05) is 30.3 Å². The van der Waals surface area contributed by atoms with Crippen LogP contribution in [0, 0.1) is 12.8 Å². The molecule has 1 amide bonds. The molecule has 1 fully saturated rings. The van der Waals surface area contributed by atoms with Crippen LogP contribution in [0.1, 0.15) is 29.7 Å². The molecule has 0 bridgehead atoms. The van der Waals surface area contributed by atoms with Crippen LogP contribution in [-0.2, 0) is 24.9 Å². The number of benzene rings is 1. The number of amides is 1. The van der Waals surface area contributed by atoms with E-state index in [0.29, 0.717) is 19.6 Å². The van der Waals surface area contributed by atoms with Crippen LogP contribution in [0.25, 0.3) is 0 Å². The zero-order chi connectivity index (χ0) is 22.7. The van der Waals surface area contributed by atoms with Crippen molar-refractivity contribution >= 4 is 11.6 Å². The molecule has 3 aromatic rings. The zero-order valence-electron chi connectivity index (χ0n) is 18.9. The van der Waals surface area contributed by atoms with Crippen molar-refractivity contribution in [2.45, 2.75) is 32.9 Å². The Morgan fingerprint density at radius 3 is 2.72 bits per heavy atom. The third kappa shape index (κ3) is 4.90. The number of nitrogens with zero attached hydrogens (tertiary/aromatic N) is 6. The summed E-state index contributed by atoms with van der Waals surface area (Å²) in [6.07, 6.45) is 5.45. The molecule has 0 radical (unpaired) electrons. The smallest absolute Gasteiger partial charge is 0.269 e. The van der Waals surface area contributed by atoms with Gasteiger partial charge in [0, 0.05) is 51.6 Å². The fourth-order valence-corrected chi connectivity index (χ4v) is 4.33. The van der Waals surface area contributed by atoms with E-state index in [4.69, 9.17) is 0 Å². The summed E-state index contributed by atoms with van der Waals surface area (Å²) in [4.78, 5) is 29.6. The van der Waals surface area contributed by atoms with E-state index < -0.39 is 0 Å². The van der Waals surface area contributed by atoms with Crippen molar-refractivity contribution in [3.05, 3.63) is 76.0 Å². The highest BCUT2D eigenvalue weighted by atomic mass is 16.2. The molecule has 0 N–H and O–H groups in total. The lowest BCUT2D eigenvalue weighted by molar-refractivity contribution is -0.135. The van der Waals surface area contributed by atoms with Gasteiger partial charge in [0.05, 0.1) is 30.0 Å². The normalized spacial score (nSPS) is 16.2. The summed E-state index contributed by atoms with van der Waals surface area (Å²) in [5.74, 6) is 0.0285. The number of hydrogen-bond donors (Lipinski definition) is 0. The monoisotopic (exact) mass is 434 g/mol. The predicted molar refractivity (Wildman–Crippen MR) is 123 cm³/mol. The summed E-state index contributed by atoms with van der Waals surface area (Å²) in [5, 5.41) is 8.74. The Kier molecular flexibility index (Phi) is 6.39. The van der Waals surface area contributed by atoms with Crippen molar-refractivity contribution in [2.24, 2.45) is 13.0 Å². The fourth-order valence-electron chi connectivity index (χ4n) is 4.33. The van der Waals surface area contributed by atoms with Crippen molar-refractivity contribution in [1.82, 2.24) is 24.5 Å². The van der Waals surface area contributed by atoms with Crippen LogP contribution in [-0.4, -0.2) is 50.5 Å². The van der Waals surface area contributed by atoms with E-state index in [0.717, 1.165) is 41.9 Å². The molecule has 32 heavy (non-hydrogen) atoms. The fraction of sp³-hybridized carbons (Fsp3) is 0.417. The Hall–Kier alpha value is -3.42. The quantitative estimate of drug-likeness (QED) is 0.595. The lowest BCUT2D eigenvalue weighted by Crippen LogP contribution is -2.44. The maximum Gasteiger partial charge on any atom is 0.269 e. The van der Waals surface area contributed by atoms with E-state index in [9.17, 15) is 9.59 Å². The third-order valence-electron chi connectivity index (χ3n) is 6.06. The Morgan fingerprint density at radius 2 is 2.03 bits per heavy atom. The molecule has 8 nitrogen and oxygen atoms in total. The van der Waals surface area contributed by atoms with Gasteiger partial charge >= 0.3 is 0 Å². The van der Waals surface area contributed by atoms with Gasteiger partial charge in [0.2, 0.25) is 5.91 Å². The number of aryl methyl sites for hydroxylation is 2. The summed E-state index contributed by atoms with van der Waals surface area (Å²) >= 11 is 0. The van der Waals surface area contributed by atoms with Crippen LogP contribution >= 0.6 is 0 Å². The number of rotatable bonds is 6. The summed E-state index contributed by atoms with van der Waals surface area (Å²) in [5.41, 5.74) is 3.68. The van der Waals surface area contributed by atoms with E-state index in [1.54, 1.807) is 21.8 Å². The number of carbonyl (C=O) groups excluding carboxylic acids is 1. The molecule has 0 saturated carbocycles. The van der Waals surface area contributed by atoms with Gasteiger partial charge in [0.25, 0.3) is 5.56 Å². The Morgan fingerprint density at radius 1 is 1.25 bits per heavy atom. The van der Waals surface area contributed by atoms with E-state index >= 15 is 0 Å². The first-order valence-electron chi connectivity index (χ1n) is 11.0. The third-order valence-corrected chi connectivity index (χ3v) is 6.06. The molecular weight excluding hydrogens is 404 g/mol. The van der Waals surface area contributed by atoms with Gasteiger partial charge in [-0.25, -0.2) is 4.68 Å². The maximum atomic E-state index is 13.1. The molecule has 0 aliphatic carbocycles. The standard InChI is InChI=1S/C24H30N6O2/c1-18-21(16-28(3)26-18)15-27(2)24(32)20-10-7-11-29(17-20)22-12-23(31)30(25-13-22)14-19-8-5-4-6-9-19/h4-6,8-9,12-13,16,20H,7,10-11,14-15,17H2,1-3H3/t20-/m0/s1. The molecule has 1 aromatic carbocycles. The minimum Gasteiger partial charge on any atom is -0.369 e. The highest BCUT2D eigenvalue weighted by Crippen LogP contribution is 2.24. The summed E-state index contributed by atoms with van der Waals surface area (Å²) in [6, 6.07) is 11.4. The van der Waals surface area contributed by atoms with E-state index in [1.807, 2.05) is 57.5 Å². The number of aromatic nitrogens is 4. The Bertz CT molecular complexity index is 1140. The largest absolute Gasteiger partial charge is 0.369 e. The summed E-state index contributed by atoms with van der Waals surface area (Å²) in [6.45, 7) is 4.37. The molecule has 0 unspecified atom stereocenters. The molecule has 3 heterocycles. The van der Waals surface area contributed by atoms with E-state index in [-0.39, 0.29) is 17.4 Å². The average Bonchev–Trinajstić information content (AvgIpc) is 3.11. The number of hydrogen-bond acceptors (Lipinski definition) is 5. The number of piperidine rings is 1. The minimum absolute atomic E-state index is 0.0996. The van der Waals surface area contributed by atoms with Crippen molar-refractivity contribution in [1.29, 1.82) is 0 Å². The van der Waals surface area contributed by atoms with Crippen LogP contribution in [0.3, 0.4) is 0 Å². The van der Waals surface area contributed by atoms with E-state index in [2.05, 4.69) is 15.1 Å². The highest BCUT2D eigenvalue weighted by molar-refractivity contribution is 5.79. The highest BCUT2D eigenvalue weighted by Gasteiger charge is 2.29. The SMILES string of the molecule is Cc1nn(C)cc1CN(C)C(=O)[C@H]1CCCN(c2cnn(Cc3ccccc3)c(=O)c2)C1. The van der Waals surface area contributed by atoms with Gasteiger partial charge in [-0.15, -0.1) is 0 Å². The molecule has 168 valence electrons. The molecule has 4 rings (SSSR count). The van der Waals surface area contributed by atoms with Gasteiger partial charge in [-0.2, -0.15) is 10.2 Å². The molecular formula is C24H30N6O2. The van der Waals surface area contributed by atoms with Gasteiger partial charge < -0.3 is 9.80 Å². The second-order valence-electron chi connectivity index (χ2n) is 8.59. The number of carbonyl (C=O) groups is 1. The average molecular weight is 435 g/mol. The summed E-state index contributed by atoms with van der Waals surface area (Å²) < 4.78 is 3.24. The molecule has 1 aliphatic heterocycles. The maximum absolute atomic E-state index is 13.1. The van der Waals surface area contributed by atoms with Crippen LogP contribution < -0.4 is 10.5 Å². The van der Waals surface area contributed by atoms with Crippen LogP contribution in [0.4, 0.5) is 5.69 Å². The first-order chi connectivity index (χ1) is 15.4. The molecule has 1 aliphatic rings. The van der Waals surface area contributed by atoms with Gasteiger partial charge in [-0.05, 0) is 25.3 Å². The minimum atomic E-state index is -0.135. The lowest BCUT2D eigenvalue weighted by Gasteiger charge is -2.35. The van der Waals surface area contributed by atoms with Crippen LogP contribution in [0.2, 0.25) is 0 Å². The van der Waals surface area contributed by atoms with E-state index in [1.165, 1.54) is 4.68 Å². The number of anilines is 1. The van der Waals surface area contributed by atoms with Gasteiger partial charge in [-0.3, -0.25) is 14.3 Å². The van der Waals surface area contributed by atoms with Crippen molar-refractivity contribution < 1.29 is 4.79 Å². The summed E-state index contributed by atoms with van der Waals surface area (Å²) in [7, 11) is 3.74. The predicted octanol–water partition coefficient (Wildman–Crippen LogP) is 2.21. The second kappa shape index (κ2) is 9.38. The first kappa shape index (κ1) is 21.8. The van der Waals surface area contributed by atoms with Crippen LogP contribution in [0.5, 0.6) is 0 Å². The molecule has 1 saturated heterocycles. The Balaban J connectivity index is 1.42. The van der Waals surface area contributed by atoms with Crippen molar-refractivity contribution in [3.63, 3.8) is 0 Å². The van der Waals surface area contributed by atoms with Crippen molar-refractivity contribution in [2.75, 3.05) is 25.0 Å². The lowest BCUT2D eigenvalue weighted by atomic mass is 9.96. The van der Waals surface area contributed by atoms with Crippen molar-refractivity contribution in [3.8, 4) is 0 Å². The molecule has 0 spiro atoms. The molecule has 1 atom stereocenters. The van der Waals surface area contributed by atoms with Gasteiger partial charge in [0.1, 0.15) is 0 Å². The molecule has 8 heteroatoms. The van der Waals surface area contributed by atoms with Crippen LogP contribution in [0.15, 0.2) is 53.6 Å². The zero-order valence-corrected chi connectivity index (χ0v) is 18.9. The van der Waals surface area contributed by atoms with Gasteiger partial charge in [0.15, 0.2) is 0 Å². The topological polar surface area (TPSA) is 76.3 Å². The molecule has 2 aromatic heterocycles.